The van der Waals surface area contributed by atoms with Crippen LogP contribution in [0.2, 0.25) is 0 Å². The molecule has 0 saturated carbocycles. The van der Waals surface area contributed by atoms with E-state index in [2.05, 4.69) is 43.0 Å². The van der Waals surface area contributed by atoms with Crippen LogP contribution in [0, 0.1) is 0 Å². The molecule has 1 amide bonds. The largest absolute Gasteiger partial charge is 0.493 e. The van der Waals surface area contributed by atoms with E-state index in [0.717, 1.165) is 19.4 Å². The van der Waals surface area contributed by atoms with E-state index in [1.165, 1.54) is 17.3 Å². The third-order valence-corrected chi connectivity index (χ3v) is 5.76. The molecule has 0 unspecified atom stereocenters. The van der Waals surface area contributed by atoms with Crippen LogP contribution in [0.5, 0.6) is 11.5 Å². The lowest BCUT2D eigenvalue weighted by atomic mass is 10.0. The Hall–Kier alpha value is -4.00. The van der Waals surface area contributed by atoms with E-state index in [4.69, 9.17) is 19.8 Å². The van der Waals surface area contributed by atoms with Gasteiger partial charge in [0.1, 0.15) is 0 Å². The van der Waals surface area contributed by atoms with Crippen molar-refractivity contribution in [3.8, 4) is 17.3 Å². The van der Waals surface area contributed by atoms with Gasteiger partial charge in [-0.25, -0.2) is 10.1 Å². The van der Waals surface area contributed by atoms with Gasteiger partial charge in [0.15, 0.2) is 17.2 Å². The zero-order chi connectivity index (χ0) is 24.1. The van der Waals surface area contributed by atoms with Crippen molar-refractivity contribution in [1.82, 2.24) is 35.6 Å². The summed E-state index contributed by atoms with van der Waals surface area (Å²) in [7, 11) is 3.11. The summed E-state index contributed by atoms with van der Waals surface area (Å²) in [5, 5.41) is 19.6. The minimum atomic E-state index is -0.516. The molecule has 13 heteroatoms. The Morgan fingerprint density at radius 1 is 1.29 bits per heavy atom. The van der Waals surface area contributed by atoms with Crippen LogP contribution in [0.4, 0.5) is 5.82 Å². The van der Waals surface area contributed by atoms with Crippen molar-refractivity contribution >= 4 is 17.9 Å². The van der Waals surface area contributed by atoms with Gasteiger partial charge in [-0.3, -0.25) is 9.69 Å². The molecule has 1 aliphatic rings. The normalized spacial score (nSPS) is 16.6. The second-order valence-electron chi connectivity index (χ2n) is 7.90. The van der Waals surface area contributed by atoms with Gasteiger partial charge >= 0.3 is 0 Å². The Balaban J connectivity index is 1.56. The molecule has 1 saturated heterocycles. The highest BCUT2D eigenvalue weighted by molar-refractivity contribution is 5.94. The van der Waals surface area contributed by atoms with E-state index in [1.54, 1.807) is 32.4 Å². The second-order valence-corrected chi connectivity index (χ2v) is 7.90. The number of methoxy groups -OCH3 is 2. The van der Waals surface area contributed by atoms with Crippen molar-refractivity contribution in [2.75, 3.05) is 26.5 Å². The van der Waals surface area contributed by atoms with Crippen LogP contribution in [0.1, 0.15) is 47.9 Å². The number of carbonyl (C=O) groups excluding carboxylic acids is 1. The summed E-state index contributed by atoms with van der Waals surface area (Å²) >= 11 is 0. The first-order valence-electron chi connectivity index (χ1n) is 10.8. The van der Waals surface area contributed by atoms with Crippen LogP contribution < -0.4 is 20.6 Å². The first-order chi connectivity index (χ1) is 16.5. The van der Waals surface area contributed by atoms with Gasteiger partial charge in [-0.1, -0.05) is 11.6 Å². The number of likely N-dealkylation sites (tertiary alicyclic amines) is 1. The van der Waals surface area contributed by atoms with Crippen molar-refractivity contribution < 1.29 is 18.9 Å². The van der Waals surface area contributed by atoms with E-state index < -0.39 is 5.91 Å². The molecule has 1 fully saturated rings. The SMILES string of the molecule is COc1ccc(/C=N/NC(=O)c2nnn(-c3nonc3N)c2CN2CCCC[C@H]2C)cc1OC. The molecule has 3 N–H and O–H groups in total. The van der Waals surface area contributed by atoms with Crippen molar-refractivity contribution in [1.29, 1.82) is 0 Å². The Labute approximate surface area is 195 Å². The number of carbonyl (C=O) groups is 1. The quantitative estimate of drug-likeness (QED) is 0.364. The van der Waals surface area contributed by atoms with Crippen molar-refractivity contribution in [3.63, 3.8) is 0 Å². The minimum Gasteiger partial charge on any atom is -0.493 e. The number of nitrogens with zero attached hydrogens (tertiary/aromatic N) is 7. The fourth-order valence-corrected chi connectivity index (χ4v) is 3.86. The number of nitrogens with two attached hydrogens (primary N) is 1. The summed E-state index contributed by atoms with van der Waals surface area (Å²) < 4.78 is 16.6. The van der Waals surface area contributed by atoms with E-state index in [9.17, 15) is 4.79 Å². The molecule has 1 atom stereocenters. The van der Waals surface area contributed by atoms with Crippen molar-refractivity contribution in [2.45, 2.75) is 38.8 Å². The number of piperidine rings is 1. The van der Waals surface area contributed by atoms with Crippen molar-refractivity contribution in [2.24, 2.45) is 5.10 Å². The number of amides is 1. The highest BCUT2D eigenvalue weighted by atomic mass is 16.6. The van der Waals surface area contributed by atoms with Gasteiger partial charge < -0.3 is 15.2 Å². The molecule has 1 aromatic carbocycles. The molecular formula is C21H27N9O4. The van der Waals surface area contributed by atoms with Crippen LogP contribution in [0.3, 0.4) is 0 Å². The topological polar surface area (TPSA) is 159 Å². The number of hydrogen-bond acceptors (Lipinski definition) is 11. The first-order valence-corrected chi connectivity index (χ1v) is 10.8. The predicted octanol–water partition coefficient (Wildman–Crippen LogP) is 1.39. The summed E-state index contributed by atoms with van der Waals surface area (Å²) in [6.07, 6.45) is 4.83. The standard InChI is InChI=1S/C21H27N9O4/c1-13-6-4-5-9-29(13)12-15-18(24-28-30(15)20-19(22)26-34-27-20)21(31)25-23-11-14-7-8-16(32-2)17(10-14)33-3/h7-8,10-11,13H,4-6,9,12H2,1-3H3,(H2,22,26)(H,25,31)/b23-11+/t13-/m1/s1. The molecule has 4 rings (SSSR count). The zero-order valence-corrected chi connectivity index (χ0v) is 19.3. The van der Waals surface area contributed by atoms with Gasteiger partial charge in [0.25, 0.3) is 5.91 Å². The Morgan fingerprint density at radius 2 is 2.12 bits per heavy atom. The maximum absolute atomic E-state index is 13.0. The fraction of sp³-hybridized carbons (Fsp3) is 0.429. The predicted molar refractivity (Wildman–Crippen MR) is 122 cm³/mol. The summed E-state index contributed by atoms with van der Waals surface area (Å²) in [6.45, 7) is 3.49. The molecule has 3 heterocycles. The number of nitrogen functional groups attached to an aromatic ring is 1. The second kappa shape index (κ2) is 10.3. The summed E-state index contributed by atoms with van der Waals surface area (Å²) in [5.74, 6) is 0.866. The molecular weight excluding hydrogens is 442 g/mol. The lowest BCUT2D eigenvalue weighted by Crippen LogP contribution is -2.38. The fourth-order valence-electron chi connectivity index (χ4n) is 3.86. The highest BCUT2D eigenvalue weighted by Gasteiger charge is 2.28. The maximum Gasteiger partial charge on any atom is 0.293 e. The number of benzene rings is 1. The smallest absolute Gasteiger partial charge is 0.293 e. The summed E-state index contributed by atoms with van der Waals surface area (Å²) in [6, 6.07) is 5.64. The molecule has 1 aliphatic heterocycles. The van der Waals surface area contributed by atoms with E-state index >= 15 is 0 Å². The van der Waals surface area contributed by atoms with E-state index in [0.29, 0.717) is 35.3 Å². The number of ether oxygens (including phenoxy) is 2. The van der Waals surface area contributed by atoms with E-state index in [1.807, 2.05) is 0 Å². The lowest BCUT2D eigenvalue weighted by molar-refractivity contribution is 0.0945. The van der Waals surface area contributed by atoms with Crippen LogP contribution >= 0.6 is 0 Å². The molecule has 0 aliphatic carbocycles. The Morgan fingerprint density at radius 3 is 2.82 bits per heavy atom. The Bertz CT molecular complexity index is 1170. The number of rotatable bonds is 8. The number of aromatic nitrogens is 5. The molecule has 13 nitrogen and oxygen atoms in total. The third-order valence-electron chi connectivity index (χ3n) is 5.76. The molecule has 2 aromatic heterocycles. The van der Waals surface area contributed by atoms with Crippen LogP contribution in [-0.4, -0.2) is 69.1 Å². The number of anilines is 1. The number of hydrazone groups is 1. The number of hydrogen-bond donors (Lipinski definition) is 2. The zero-order valence-electron chi connectivity index (χ0n) is 19.3. The van der Waals surface area contributed by atoms with Crippen LogP contribution in [0.15, 0.2) is 27.9 Å². The van der Waals surface area contributed by atoms with Gasteiger partial charge in [-0.2, -0.15) is 9.78 Å². The van der Waals surface area contributed by atoms with Crippen LogP contribution in [-0.2, 0) is 6.54 Å². The molecule has 180 valence electrons. The summed E-state index contributed by atoms with van der Waals surface area (Å²) in [5.41, 5.74) is 9.72. The monoisotopic (exact) mass is 469 g/mol. The molecule has 0 radical (unpaired) electrons. The van der Waals surface area contributed by atoms with Gasteiger partial charge in [0, 0.05) is 12.6 Å². The van der Waals surface area contributed by atoms with Gasteiger partial charge in [0.2, 0.25) is 11.6 Å². The van der Waals surface area contributed by atoms with Crippen LogP contribution in [0.25, 0.3) is 5.82 Å². The lowest BCUT2D eigenvalue weighted by Gasteiger charge is -2.33. The van der Waals surface area contributed by atoms with Gasteiger partial charge in [-0.15, -0.1) is 5.10 Å². The first kappa shape index (κ1) is 23.2. The summed E-state index contributed by atoms with van der Waals surface area (Å²) in [4.78, 5) is 15.2. The third kappa shape index (κ3) is 4.83. The average Bonchev–Trinajstić information content (AvgIpc) is 3.45. The number of nitrogens with one attached hydrogen (secondary N) is 1. The molecule has 34 heavy (non-hydrogen) atoms. The average molecular weight is 470 g/mol. The van der Waals surface area contributed by atoms with Gasteiger partial charge in [0.05, 0.1) is 26.1 Å². The van der Waals surface area contributed by atoms with E-state index in [-0.39, 0.29) is 17.3 Å². The van der Waals surface area contributed by atoms with Gasteiger partial charge in [-0.05, 0) is 60.4 Å². The minimum absolute atomic E-state index is 0.0521. The molecule has 0 bridgehead atoms. The van der Waals surface area contributed by atoms with Crippen molar-refractivity contribution in [3.05, 3.63) is 35.2 Å². The maximum atomic E-state index is 13.0. The molecule has 0 spiro atoms. The molecule has 3 aromatic rings. The highest BCUT2D eigenvalue weighted by Crippen LogP contribution is 2.27. The Kier molecular flexibility index (Phi) is 7.01.